The first-order chi connectivity index (χ1) is 13.9. The van der Waals surface area contributed by atoms with E-state index in [1.54, 1.807) is 11.0 Å². The van der Waals surface area contributed by atoms with Crippen LogP contribution in [-0.2, 0) is 16.1 Å². The lowest BCUT2D eigenvalue weighted by molar-refractivity contribution is -0.136. The van der Waals surface area contributed by atoms with E-state index in [0.29, 0.717) is 31.6 Å². The van der Waals surface area contributed by atoms with E-state index < -0.39 is 18.0 Å². The summed E-state index contributed by atoms with van der Waals surface area (Å²) in [6, 6.07) is 5.11. The molecule has 0 aromatic heterocycles. The Kier molecular flexibility index (Phi) is 4.89. The molecule has 9 heteroatoms. The lowest BCUT2D eigenvalue weighted by atomic mass is 10.0. The van der Waals surface area contributed by atoms with Gasteiger partial charge >= 0.3 is 6.09 Å². The highest BCUT2D eigenvalue weighted by Gasteiger charge is 2.40. The van der Waals surface area contributed by atoms with Crippen LogP contribution in [0.25, 0.3) is 0 Å². The second-order valence-electron chi connectivity index (χ2n) is 7.81. The van der Waals surface area contributed by atoms with Gasteiger partial charge in [-0.25, -0.2) is 4.79 Å². The number of nitrogens with zero attached hydrogens (tertiary/aromatic N) is 3. The number of nitrogens with one attached hydrogen (secondary N) is 1. The summed E-state index contributed by atoms with van der Waals surface area (Å²) in [4.78, 5) is 52.9. The van der Waals surface area contributed by atoms with E-state index in [1.807, 2.05) is 19.2 Å². The standard InChI is InChI=1S/C20H24N4O5/c1-22(12-7-9-23(10-8-12)20(28)29)15-4-2-3-13-14(15)11-24(19(13)27)16-5-6-17(25)21-18(16)26/h2-4,12,16H,5-11H2,1H3,(H,28,29)(H,21,25,26). The van der Waals surface area contributed by atoms with Crippen molar-refractivity contribution in [2.75, 3.05) is 25.0 Å². The van der Waals surface area contributed by atoms with Crippen molar-refractivity contribution < 1.29 is 24.3 Å². The number of rotatable bonds is 3. The van der Waals surface area contributed by atoms with Crippen molar-refractivity contribution in [2.24, 2.45) is 0 Å². The van der Waals surface area contributed by atoms with Crippen LogP contribution >= 0.6 is 0 Å². The average molecular weight is 400 g/mol. The van der Waals surface area contributed by atoms with Gasteiger partial charge in [0.15, 0.2) is 0 Å². The van der Waals surface area contributed by atoms with Crippen LogP contribution in [0.5, 0.6) is 0 Å². The number of carboxylic acid groups (broad SMARTS) is 1. The highest BCUT2D eigenvalue weighted by molar-refractivity contribution is 6.06. The Morgan fingerprint density at radius 1 is 1.17 bits per heavy atom. The summed E-state index contributed by atoms with van der Waals surface area (Å²) in [5.41, 5.74) is 2.40. The van der Waals surface area contributed by atoms with Gasteiger partial charge < -0.3 is 19.8 Å². The first-order valence-electron chi connectivity index (χ1n) is 9.84. The molecule has 4 rings (SSSR count). The molecule has 1 unspecified atom stereocenters. The monoisotopic (exact) mass is 400 g/mol. The lowest BCUT2D eigenvalue weighted by Crippen LogP contribution is -2.52. The van der Waals surface area contributed by atoms with Crippen molar-refractivity contribution in [3.05, 3.63) is 29.3 Å². The normalized spacial score (nSPS) is 22.5. The fourth-order valence-electron chi connectivity index (χ4n) is 4.54. The molecule has 2 N–H and O–H groups in total. The van der Waals surface area contributed by atoms with Crippen LogP contribution in [-0.4, -0.2) is 70.9 Å². The zero-order chi connectivity index (χ0) is 20.7. The molecule has 0 spiro atoms. The quantitative estimate of drug-likeness (QED) is 0.734. The van der Waals surface area contributed by atoms with Crippen molar-refractivity contribution in [3.63, 3.8) is 0 Å². The molecule has 29 heavy (non-hydrogen) atoms. The summed E-state index contributed by atoms with van der Waals surface area (Å²) in [6.45, 7) is 1.30. The van der Waals surface area contributed by atoms with Gasteiger partial charge in [0.05, 0.1) is 0 Å². The molecule has 154 valence electrons. The molecule has 0 saturated carbocycles. The number of likely N-dealkylation sites (tertiary alicyclic amines) is 1. The molecular weight excluding hydrogens is 376 g/mol. The third-order valence-corrected chi connectivity index (χ3v) is 6.22. The third kappa shape index (κ3) is 3.41. The second kappa shape index (κ2) is 7.38. The van der Waals surface area contributed by atoms with E-state index in [-0.39, 0.29) is 24.3 Å². The first-order valence-corrected chi connectivity index (χ1v) is 9.84. The Balaban J connectivity index is 1.53. The first kappa shape index (κ1) is 19.2. The van der Waals surface area contributed by atoms with Gasteiger partial charge in [0.25, 0.3) is 5.91 Å². The molecule has 0 aliphatic carbocycles. The van der Waals surface area contributed by atoms with Gasteiger partial charge in [-0.1, -0.05) is 6.07 Å². The molecular formula is C20H24N4O5. The third-order valence-electron chi connectivity index (χ3n) is 6.22. The minimum atomic E-state index is -0.891. The topological polar surface area (TPSA) is 110 Å². The number of benzene rings is 1. The Morgan fingerprint density at radius 2 is 1.90 bits per heavy atom. The van der Waals surface area contributed by atoms with E-state index in [4.69, 9.17) is 5.11 Å². The van der Waals surface area contributed by atoms with Gasteiger partial charge in [-0.3, -0.25) is 19.7 Å². The van der Waals surface area contributed by atoms with Crippen LogP contribution < -0.4 is 10.2 Å². The van der Waals surface area contributed by atoms with Crippen LogP contribution in [0, 0.1) is 0 Å². The maximum Gasteiger partial charge on any atom is 0.407 e. The van der Waals surface area contributed by atoms with Crippen LogP contribution in [0.3, 0.4) is 0 Å². The summed E-state index contributed by atoms with van der Waals surface area (Å²) in [6.07, 6.45) is 1.11. The molecule has 9 nitrogen and oxygen atoms in total. The van der Waals surface area contributed by atoms with Crippen molar-refractivity contribution >= 4 is 29.5 Å². The molecule has 4 amide bonds. The van der Waals surface area contributed by atoms with Crippen molar-refractivity contribution in [1.82, 2.24) is 15.1 Å². The minimum Gasteiger partial charge on any atom is -0.465 e. The van der Waals surface area contributed by atoms with E-state index in [9.17, 15) is 19.2 Å². The number of carbonyl (C=O) groups is 4. The Morgan fingerprint density at radius 3 is 2.55 bits per heavy atom. The number of fused-ring (bicyclic) bond motifs is 1. The Bertz CT molecular complexity index is 878. The molecule has 1 aromatic carbocycles. The summed E-state index contributed by atoms with van der Waals surface area (Å²) in [5, 5.41) is 11.5. The van der Waals surface area contributed by atoms with Gasteiger partial charge in [0, 0.05) is 56.0 Å². The summed E-state index contributed by atoms with van der Waals surface area (Å²) in [5.74, 6) is -0.910. The highest BCUT2D eigenvalue weighted by Crippen LogP contribution is 2.35. The summed E-state index contributed by atoms with van der Waals surface area (Å²) in [7, 11) is 1.97. The van der Waals surface area contributed by atoms with Gasteiger partial charge in [-0.15, -0.1) is 0 Å². The largest absolute Gasteiger partial charge is 0.465 e. The molecule has 2 fully saturated rings. The predicted molar refractivity (Wildman–Crippen MR) is 104 cm³/mol. The number of anilines is 1. The molecule has 1 atom stereocenters. The molecule has 1 aromatic rings. The number of hydrogen-bond acceptors (Lipinski definition) is 5. The van der Waals surface area contributed by atoms with E-state index >= 15 is 0 Å². The van der Waals surface area contributed by atoms with Gasteiger partial charge in [-0.2, -0.15) is 0 Å². The van der Waals surface area contributed by atoms with Crippen molar-refractivity contribution in [2.45, 2.75) is 44.3 Å². The zero-order valence-electron chi connectivity index (χ0n) is 16.3. The molecule has 3 heterocycles. The second-order valence-corrected chi connectivity index (χ2v) is 7.81. The van der Waals surface area contributed by atoms with Gasteiger partial charge in [0.1, 0.15) is 6.04 Å². The zero-order valence-corrected chi connectivity index (χ0v) is 16.3. The molecule has 3 aliphatic heterocycles. The maximum atomic E-state index is 13.0. The van der Waals surface area contributed by atoms with E-state index in [0.717, 1.165) is 24.1 Å². The predicted octanol–water partition coefficient (Wildman–Crippen LogP) is 1.03. The fourth-order valence-corrected chi connectivity index (χ4v) is 4.54. The molecule has 0 bridgehead atoms. The number of amides is 4. The summed E-state index contributed by atoms with van der Waals surface area (Å²) >= 11 is 0. The molecule has 0 radical (unpaired) electrons. The average Bonchev–Trinajstić information content (AvgIpc) is 3.04. The Hall–Kier alpha value is -3.10. The minimum absolute atomic E-state index is 0.178. The number of piperidine rings is 2. The van der Waals surface area contributed by atoms with Gasteiger partial charge in [-0.05, 0) is 31.4 Å². The van der Waals surface area contributed by atoms with E-state index in [1.165, 1.54) is 4.90 Å². The fraction of sp³-hybridized carbons (Fsp3) is 0.500. The molecule has 2 saturated heterocycles. The van der Waals surface area contributed by atoms with E-state index in [2.05, 4.69) is 10.2 Å². The van der Waals surface area contributed by atoms with Crippen LogP contribution in [0.1, 0.15) is 41.6 Å². The van der Waals surface area contributed by atoms with Crippen molar-refractivity contribution in [1.29, 1.82) is 0 Å². The number of imide groups is 1. The highest BCUT2D eigenvalue weighted by atomic mass is 16.4. The van der Waals surface area contributed by atoms with Crippen molar-refractivity contribution in [3.8, 4) is 0 Å². The van der Waals surface area contributed by atoms with Gasteiger partial charge in [0.2, 0.25) is 11.8 Å². The smallest absolute Gasteiger partial charge is 0.407 e. The number of carbonyl (C=O) groups excluding carboxylic acids is 3. The summed E-state index contributed by atoms with van der Waals surface area (Å²) < 4.78 is 0. The van der Waals surface area contributed by atoms with Crippen LogP contribution in [0.15, 0.2) is 18.2 Å². The number of hydrogen-bond donors (Lipinski definition) is 2. The van der Waals surface area contributed by atoms with Crippen LogP contribution in [0.4, 0.5) is 10.5 Å². The van der Waals surface area contributed by atoms with Crippen LogP contribution in [0.2, 0.25) is 0 Å². The SMILES string of the molecule is CN(c1cccc2c1CN(C1CCC(=O)NC1=O)C2=O)C1CCN(C(=O)O)CC1. The lowest BCUT2D eigenvalue weighted by Gasteiger charge is -2.37. The maximum absolute atomic E-state index is 13.0. The Labute approximate surface area is 168 Å². The molecule has 3 aliphatic rings.